The summed E-state index contributed by atoms with van der Waals surface area (Å²) in [6, 6.07) is 5.39. The van der Waals surface area contributed by atoms with E-state index in [1.807, 2.05) is 17.8 Å². The Balaban J connectivity index is 2.05. The Labute approximate surface area is 107 Å². The third kappa shape index (κ3) is 2.71. The Morgan fingerprint density at radius 2 is 2.38 bits per heavy atom. The second kappa shape index (κ2) is 5.10. The number of nitrogens with two attached hydrogens (primary N) is 1. The van der Waals surface area contributed by atoms with E-state index in [2.05, 4.69) is 21.2 Å². The molecule has 1 fully saturated rings. The van der Waals surface area contributed by atoms with Crippen LogP contribution >= 0.6 is 27.7 Å². The van der Waals surface area contributed by atoms with Crippen LogP contribution in [0.4, 0.5) is 11.4 Å². The van der Waals surface area contributed by atoms with Crippen LogP contribution in [0.1, 0.15) is 6.42 Å². The van der Waals surface area contributed by atoms with Gasteiger partial charge < -0.3 is 11.1 Å². The van der Waals surface area contributed by atoms with Crippen LogP contribution in [0.25, 0.3) is 0 Å². The van der Waals surface area contributed by atoms with Crippen molar-refractivity contribution in [3.63, 3.8) is 0 Å². The first-order chi connectivity index (χ1) is 7.66. The van der Waals surface area contributed by atoms with Crippen molar-refractivity contribution >= 4 is 45.0 Å². The van der Waals surface area contributed by atoms with Crippen LogP contribution in [0.15, 0.2) is 22.7 Å². The predicted octanol–water partition coefficient (Wildman–Crippen LogP) is 2.72. The quantitative estimate of drug-likeness (QED) is 0.826. The van der Waals surface area contributed by atoms with Gasteiger partial charge in [0.05, 0.1) is 5.69 Å². The van der Waals surface area contributed by atoms with Gasteiger partial charge in [-0.3, -0.25) is 4.79 Å². The van der Waals surface area contributed by atoms with Crippen LogP contribution in [0.5, 0.6) is 0 Å². The number of carbonyl (C=O) groups excluding carboxylic acids is 1. The lowest BCUT2D eigenvalue weighted by Crippen LogP contribution is -2.22. The van der Waals surface area contributed by atoms with Gasteiger partial charge in [0.25, 0.3) is 0 Å². The Hall–Kier alpha value is -0.680. The van der Waals surface area contributed by atoms with Gasteiger partial charge in [-0.25, -0.2) is 0 Å². The minimum absolute atomic E-state index is 0.107. The van der Waals surface area contributed by atoms with Gasteiger partial charge in [0, 0.05) is 21.8 Å². The topological polar surface area (TPSA) is 55.1 Å². The van der Waals surface area contributed by atoms with E-state index in [-0.39, 0.29) is 11.8 Å². The molecule has 1 saturated heterocycles. The summed E-state index contributed by atoms with van der Waals surface area (Å²) in [4.78, 5) is 11.9. The third-order valence-corrected chi connectivity index (χ3v) is 4.37. The van der Waals surface area contributed by atoms with Crippen LogP contribution in [0.2, 0.25) is 0 Å². The predicted molar refractivity (Wildman–Crippen MR) is 72.6 cm³/mol. The van der Waals surface area contributed by atoms with Gasteiger partial charge in [-0.1, -0.05) is 0 Å². The molecule has 1 heterocycles. The number of halogens is 1. The van der Waals surface area contributed by atoms with Crippen molar-refractivity contribution in [2.75, 3.05) is 22.6 Å². The van der Waals surface area contributed by atoms with E-state index >= 15 is 0 Å². The monoisotopic (exact) mass is 300 g/mol. The van der Waals surface area contributed by atoms with Crippen molar-refractivity contribution in [1.82, 2.24) is 0 Å². The second-order valence-electron chi connectivity index (χ2n) is 3.79. The van der Waals surface area contributed by atoms with Crippen molar-refractivity contribution in [3.8, 4) is 0 Å². The average molecular weight is 301 g/mol. The summed E-state index contributed by atoms with van der Waals surface area (Å²) < 4.78 is 0.825. The van der Waals surface area contributed by atoms with Crippen molar-refractivity contribution in [1.29, 1.82) is 0 Å². The number of nitrogen functional groups attached to an aromatic ring is 1. The molecule has 1 aromatic carbocycles. The summed E-state index contributed by atoms with van der Waals surface area (Å²) in [6.07, 6.45) is 0.975. The van der Waals surface area contributed by atoms with Crippen molar-refractivity contribution in [2.24, 2.45) is 5.92 Å². The first-order valence-electron chi connectivity index (χ1n) is 5.10. The van der Waals surface area contributed by atoms with Gasteiger partial charge in [-0.05, 0) is 46.3 Å². The molecule has 86 valence electrons. The Kier molecular flexibility index (Phi) is 3.76. The third-order valence-electron chi connectivity index (χ3n) is 2.55. The van der Waals surface area contributed by atoms with Gasteiger partial charge in [-0.15, -0.1) is 0 Å². The van der Waals surface area contributed by atoms with Crippen molar-refractivity contribution < 1.29 is 4.79 Å². The molecule has 1 unspecified atom stereocenters. The highest BCUT2D eigenvalue weighted by Gasteiger charge is 2.23. The fourth-order valence-electron chi connectivity index (χ4n) is 1.61. The number of benzene rings is 1. The molecule has 0 aliphatic carbocycles. The Morgan fingerprint density at radius 3 is 3.00 bits per heavy atom. The molecule has 1 atom stereocenters. The number of thioether (sulfide) groups is 1. The van der Waals surface area contributed by atoms with E-state index in [4.69, 9.17) is 5.73 Å². The van der Waals surface area contributed by atoms with E-state index in [9.17, 15) is 4.79 Å². The molecule has 0 aromatic heterocycles. The number of hydrogen-bond donors (Lipinski definition) is 2. The minimum Gasteiger partial charge on any atom is -0.399 e. The van der Waals surface area contributed by atoms with Crippen molar-refractivity contribution in [2.45, 2.75) is 6.42 Å². The van der Waals surface area contributed by atoms with E-state index in [0.717, 1.165) is 28.1 Å². The lowest BCUT2D eigenvalue weighted by atomic mass is 10.1. The first kappa shape index (κ1) is 11.8. The smallest absolute Gasteiger partial charge is 0.228 e. The van der Waals surface area contributed by atoms with Crippen LogP contribution in [0.3, 0.4) is 0 Å². The summed E-state index contributed by atoms with van der Waals surface area (Å²) in [5.74, 6) is 2.27. The van der Waals surface area contributed by atoms with Crippen LogP contribution < -0.4 is 11.1 Å². The van der Waals surface area contributed by atoms with E-state index in [1.54, 1.807) is 12.1 Å². The molecular formula is C11H13BrN2OS. The van der Waals surface area contributed by atoms with E-state index in [1.165, 1.54) is 0 Å². The summed E-state index contributed by atoms with van der Waals surface area (Å²) in [5.41, 5.74) is 7.10. The summed E-state index contributed by atoms with van der Waals surface area (Å²) in [5, 5.41) is 2.92. The molecule has 0 radical (unpaired) electrons. The molecule has 1 aliphatic rings. The largest absolute Gasteiger partial charge is 0.399 e. The van der Waals surface area contributed by atoms with Gasteiger partial charge >= 0.3 is 0 Å². The zero-order chi connectivity index (χ0) is 11.5. The molecule has 1 aliphatic heterocycles. The normalized spacial score (nSPS) is 19.7. The molecule has 5 heteroatoms. The number of anilines is 2. The highest BCUT2D eigenvalue weighted by Crippen LogP contribution is 2.28. The molecule has 3 N–H and O–H groups in total. The Bertz CT molecular complexity index is 405. The molecule has 0 spiro atoms. The molecule has 0 bridgehead atoms. The van der Waals surface area contributed by atoms with Gasteiger partial charge in [0.2, 0.25) is 5.91 Å². The first-order valence-corrected chi connectivity index (χ1v) is 7.05. The zero-order valence-electron chi connectivity index (χ0n) is 8.70. The molecule has 1 aromatic rings. The lowest BCUT2D eigenvalue weighted by Gasteiger charge is -2.11. The molecule has 16 heavy (non-hydrogen) atoms. The summed E-state index contributed by atoms with van der Waals surface area (Å²) in [7, 11) is 0. The lowest BCUT2D eigenvalue weighted by molar-refractivity contribution is -0.119. The summed E-state index contributed by atoms with van der Waals surface area (Å²) in [6.45, 7) is 0. The fourth-order valence-corrected chi connectivity index (χ4v) is 3.32. The average Bonchev–Trinajstić information content (AvgIpc) is 2.75. The zero-order valence-corrected chi connectivity index (χ0v) is 11.1. The maximum absolute atomic E-state index is 11.9. The van der Waals surface area contributed by atoms with E-state index in [0.29, 0.717) is 5.69 Å². The summed E-state index contributed by atoms with van der Waals surface area (Å²) >= 11 is 5.22. The molecule has 3 nitrogen and oxygen atoms in total. The molecule has 1 amide bonds. The number of rotatable bonds is 2. The standard InChI is InChI=1S/C11H13BrN2OS/c12-9-5-8(13)1-2-10(9)14-11(15)7-3-4-16-6-7/h1-2,5,7H,3-4,6,13H2,(H,14,15). The molecular weight excluding hydrogens is 288 g/mol. The van der Waals surface area contributed by atoms with Crippen LogP contribution in [0, 0.1) is 5.92 Å². The van der Waals surface area contributed by atoms with Gasteiger partial charge in [0.1, 0.15) is 0 Å². The number of carbonyl (C=O) groups is 1. The highest BCUT2D eigenvalue weighted by atomic mass is 79.9. The SMILES string of the molecule is Nc1ccc(NC(=O)C2CCSC2)c(Br)c1. The highest BCUT2D eigenvalue weighted by molar-refractivity contribution is 9.10. The Morgan fingerprint density at radius 1 is 1.56 bits per heavy atom. The number of hydrogen-bond acceptors (Lipinski definition) is 3. The van der Waals surface area contributed by atoms with Gasteiger partial charge in [0.15, 0.2) is 0 Å². The number of amides is 1. The van der Waals surface area contributed by atoms with Crippen molar-refractivity contribution in [3.05, 3.63) is 22.7 Å². The maximum Gasteiger partial charge on any atom is 0.228 e. The molecule has 0 saturated carbocycles. The second-order valence-corrected chi connectivity index (χ2v) is 5.79. The van der Waals surface area contributed by atoms with E-state index < -0.39 is 0 Å². The van der Waals surface area contributed by atoms with Crippen LogP contribution in [-0.2, 0) is 4.79 Å². The van der Waals surface area contributed by atoms with Crippen LogP contribution in [-0.4, -0.2) is 17.4 Å². The fraction of sp³-hybridized carbons (Fsp3) is 0.364. The van der Waals surface area contributed by atoms with Gasteiger partial charge in [-0.2, -0.15) is 11.8 Å². The molecule has 2 rings (SSSR count). The minimum atomic E-state index is 0.107. The maximum atomic E-state index is 11.9. The number of nitrogens with one attached hydrogen (secondary N) is 1.